The molecule has 7 rings (SSSR count). The third-order valence-electron chi connectivity index (χ3n) is 8.76. The second kappa shape index (κ2) is 10.7. The number of rotatable bonds is 7. The first kappa shape index (κ1) is 27.5. The summed E-state index contributed by atoms with van der Waals surface area (Å²) in [6, 6.07) is 26.5. The minimum Gasteiger partial charge on any atom is -0.383 e. The smallest absolute Gasteiger partial charge is 0.235 e. The number of nitrogens with two attached hydrogens (primary N) is 1. The molecule has 0 radical (unpaired) electrons. The maximum absolute atomic E-state index is 12.1. The van der Waals surface area contributed by atoms with Crippen LogP contribution in [0.25, 0.3) is 39.5 Å². The zero-order chi connectivity index (χ0) is 29.6. The van der Waals surface area contributed by atoms with E-state index in [0.717, 1.165) is 71.6 Å². The molecule has 10 heteroatoms. The van der Waals surface area contributed by atoms with Gasteiger partial charge in [-0.2, -0.15) is 4.31 Å². The van der Waals surface area contributed by atoms with Crippen LogP contribution in [0.3, 0.4) is 0 Å². The van der Waals surface area contributed by atoms with Gasteiger partial charge in [-0.25, -0.2) is 23.4 Å². The van der Waals surface area contributed by atoms with Crippen molar-refractivity contribution in [3.63, 3.8) is 0 Å². The van der Waals surface area contributed by atoms with Crippen molar-refractivity contribution in [2.45, 2.75) is 19.4 Å². The number of nitrogen functional groups attached to an aromatic ring is 1. The van der Waals surface area contributed by atoms with Gasteiger partial charge in [0.2, 0.25) is 10.0 Å². The molecule has 5 heterocycles. The van der Waals surface area contributed by atoms with Gasteiger partial charge >= 0.3 is 0 Å². The van der Waals surface area contributed by atoms with Gasteiger partial charge in [-0.15, -0.1) is 0 Å². The number of pyridine rings is 2. The van der Waals surface area contributed by atoms with E-state index >= 15 is 0 Å². The lowest BCUT2D eigenvalue weighted by Crippen LogP contribution is -2.61. The van der Waals surface area contributed by atoms with Crippen LogP contribution in [0.1, 0.15) is 18.4 Å². The number of aromatic nitrogens is 4. The number of hydrogen-bond donors (Lipinski definition) is 1. The Balaban J connectivity index is 1.15. The SMILES string of the molecule is C=CS(=O)(=O)N1CC2(CCN(Cc3ccc(-n4c(-c5cccnc5N)nc5ccc(-c6ccccc6)nc54)cc3)CC2)C1. The molecule has 9 nitrogen and oxygen atoms in total. The Kier molecular flexibility index (Phi) is 6.84. The molecule has 2 N–H and O–H groups in total. The number of fused-ring (bicyclic) bond motifs is 1. The summed E-state index contributed by atoms with van der Waals surface area (Å²) in [5.41, 5.74) is 12.8. The lowest BCUT2D eigenvalue weighted by atomic mass is 9.73. The molecular weight excluding hydrogens is 558 g/mol. The Bertz CT molecular complexity index is 1900. The number of sulfonamides is 1. The summed E-state index contributed by atoms with van der Waals surface area (Å²) >= 11 is 0. The fourth-order valence-electron chi connectivity index (χ4n) is 6.26. The fourth-order valence-corrected chi connectivity index (χ4v) is 7.37. The highest BCUT2D eigenvalue weighted by molar-refractivity contribution is 7.92. The summed E-state index contributed by atoms with van der Waals surface area (Å²) in [4.78, 5) is 16.8. The lowest BCUT2D eigenvalue weighted by Gasteiger charge is -2.52. The standard InChI is InChI=1S/C33H33N7O2S/c1-2-43(41,42)39-22-33(23-39)16-19-38(20-17-33)21-24-10-12-26(13-11-24)40-31(27-9-6-18-35-30(27)34)37-29-15-14-28(36-32(29)40)25-7-4-3-5-8-25/h2-15,18H,1,16-17,19-23H2,(H2,34,35). The van der Waals surface area contributed by atoms with E-state index < -0.39 is 10.0 Å². The van der Waals surface area contributed by atoms with Crippen LogP contribution in [-0.2, 0) is 16.6 Å². The monoisotopic (exact) mass is 591 g/mol. The van der Waals surface area contributed by atoms with Gasteiger partial charge in [-0.05, 0) is 67.9 Å². The zero-order valence-electron chi connectivity index (χ0n) is 23.8. The van der Waals surface area contributed by atoms with E-state index in [1.807, 2.05) is 42.5 Å². The number of hydrogen-bond acceptors (Lipinski definition) is 7. The normalized spacial score (nSPS) is 17.2. The molecule has 3 aromatic heterocycles. The maximum atomic E-state index is 12.1. The number of nitrogens with zero attached hydrogens (tertiary/aromatic N) is 6. The first-order chi connectivity index (χ1) is 20.8. The molecule has 0 unspecified atom stereocenters. The maximum Gasteiger partial charge on any atom is 0.235 e. The number of benzene rings is 2. The van der Waals surface area contributed by atoms with Crippen molar-refractivity contribution >= 4 is 27.0 Å². The lowest BCUT2D eigenvalue weighted by molar-refractivity contribution is -0.000720. The molecule has 2 aliphatic heterocycles. The van der Waals surface area contributed by atoms with E-state index in [9.17, 15) is 8.42 Å². The minimum absolute atomic E-state index is 0.106. The van der Waals surface area contributed by atoms with Crippen LogP contribution < -0.4 is 5.73 Å². The Morgan fingerprint density at radius 2 is 1.65 bits per heavy atom. The minimum atomic E-state index is -3.31. The summed E-state index contributed by atoms with van der Waals surface area (Å²) in [6.45, 7) is 7.40. The predicted octanol–water partition coefficient (Wildman–Crippen LogP) is 5.10. The Hall–Kier alpha value is -4.38. The molecule has 0 bridgehead atoms. The third-order valence-corrected chi connectivity index (χ3v) is 10.2. The summed E-state index contributed by atoms with van der Waals surface area (Å²) in [5, 5.41) is 1.05. The van der Waals surface area contributed by atoms with Gasteiger partial charge in [0.25, 0.3) is 0 Å². The molecule has 1 spiro atoms. The van der Waals surface area contributed by atoms with Crippen LogP contribution in [0.5, 0.6) is 0 Å². The number of imidazole rings is 1. The molecule has 0 aliphatic carbocycles. The first-order valence-electron chi connectivity index (χ1n) is 14.4. The van der Waals surface area contributed by atoms with E-state index in [-0.39, 0.29) is 5.41 Å². The highest BCUT2D eigenvalue weighted by Crippen LogP contribution is 2.42. The molecule has 43 heavy (non-hydrogen) atoms. The van der Waals surface area contributed by atoms with E-state index in [2.05, 4.69) is 57.4 Å². The van der Waals surface area contributed by atoms with E-state index in [1.54, 1.807) is 10.5 Å². The van der Waals surface area contributed by atoms with Crippen molar-refractivity contribution in [3.05, 3.63) is 103 Å². The third kappa shape index (κ3) is 5.11. The highest BCUT2D eigenvalue weighted by Gasteiger charge is 2.48. The van der Waals surface area contributed by atoms with E-state index in [4.69, 9.17) is 15.7 Å². The van der Waals surface area contributed by atoms with Gasteiger partial charge in [0.05, 0.1) is 11.3 Å². The van der Waals surface area contributed by atoms with Crippen LogP contribution in [-0.4, -0.2) is 63.3 Å². The van der Waals surface area contributed by atoms with Crippen molar-refractivity contribution in [1.29, 1.82) is 0 Å². The molecule has 218 valence electrons. The molecule has 0 saturated carbocycles. The van der Waals surface area contributed by atoms with Gasteiger partial charge < -0.3 is 5.73 Å². The average molecular weight is 592 g/mol. The molecule has 5 aromatic rings. The number of likely N-dealkylation sites (tertiary alicyclic amines) is 1. The van der Waals surface area contributed by atoms with Crippen LogP contribution in [0.2, 0.25) is 0 Å². The molecule has 2 aliphatic rings. The molecule has 0 amide bonds. The van der Waals surface area contributed by atoms with Crippen molar-refractivity contribution < 1.29 is 8.42 Å². The zero-order valence-corrected chi connectivity index (χ0v) is 24.6. The van der Waals surface area contributed by atoms with Crippen molar-refractivity contribution in [1.82, 2.24) is 28.7 Å². The topological polar surface area (TPSA) is 110 Å². The molecule has 2 fully saturated rings. The summed E-state index contributed by atoms with van der Waals surface area (Å²) < 4.78 is 27.8. The second-order valence-electron chi connectivity index (χ2n) is 11.5. The largest absolute Gasteiger partial charge is 0.383 e. The summed E-state index contributed by atoms with van der Waals surface area (Å²) in [7, 11) is -3.31. The quantitative estimate of drug-likeness (QED) is 0.280. The van der Waals surface area contributed by atoms with Crippen molar-refractivity contribution in [2.24, 2.45) is 5.41 Å². The van der Waals surface area contributed by atoms with E-state index in [0.29, 0.717) is 24.7 Å². The molecule has 0 atom stereocenters. The molecule has 2 saturated heterocycles. The summed E-state index contributed by atoms with van der Waals surface area (Å²) in [6.07, 6.45) is 3.68. The van der Waals surface area contributed by atoms with Gasteiger partial charge in [0.15, 0.2) is 11.5 Å². The molecule has 2 aromatic carbocycles. The number of anilines is 1. The first-order valence-corrected chi connectivity index (χ1v) is 15.9. The van der Waals surface area contributed by atoms with Crippen LogP contribution in [0, 0.1) is 5.41 Å². The van der Waals surface area contributed by atoms with Gasteiger partial charge in [-0.3, -0.25) is 9.47 Å². The Morgan fingerprint density at radius 1 is 0.907 bits per heavy atom. The van der Waals surface area contributed by atoms with Crippen molar-refractivity contribution in [3.8, 4) is 28.3 Å². The second-order valence-corrected chi connectivity index (χ2v) is 13.4. The predicted molar refractivity (Wildman–Crippen MR) is 170 cm³/mol. The summed E-state index contributed by atoms with van der Waals surface area (Å²) in [5.74, 6) is 1.11. The van der Waals surface area contributed by atoms with Crippen LogP contribution in [0.15, 0.2) is 97.0 Å². The Morgan fingerprint density at radius 3 is 2.35 bits per heavy atom. The van der Waals surface area contributed by atoms with Crippen LogP contribution >= 0.6 is 0 Å². The van der Waals surface area contributed by atoms with E-state index in [1.165, 1.54) is 5.56 Å². The number of piperidine rings is 1. The van der Waals surface area contributed by atoms with Gasteiger partial charge in [0, 0.05) is 47.9 Å². The fraction of sp³-hybridized carbons (Fsp3) is 0.242. The van der Waals surface area contributed by atoms with Crippen LogP contribution in [0.4, 0.5) is 5.82 Å². The molecular formula is C33H33N7O2S. The highest BCUT2D eigenvalue weighted by atomic mass is 32.2. The average Bonchev–Trinajstić information content (AvgIpc) is 3.40. The van der Waals surface area contributed by atoms with Gasteiger partial charge in [0.1, 0.15) is 11.3 Å². The van der Waals surface area contributed by atoms with Gasteiger partial charge in [-0.1, -0.05) is 49.0 Å². The Labute approximate surface area is 251 Å². The van der Waals surface area contributed by atoms with Crippen molar-refractivity contribution in [2.75, 3.05) is 31.9 Å².